The Morgan fingerprint density at radius 1 is 1.15 bits per heavy atom. The normalized spacial score (nSPS) is 21.2. The molecule has 1 aromatic carbocycles. The van der Waals surface area contributed by atoms with Crippen molar-refractivity contribution in [1.82, 2.24) is 4.90 Å². The van der Waals surface area contributed by atoms with Crippen molar-refractivity contribution in [2.45, 2.75) is 25.3 Å². The van der Waals surface area contributed by atoms with E-state index in [0.29, 0.717) is 12.0 Å². The molecule has 0 radical (unpaired) electrons. The van der Waals surface area contributed by atoms with Gasteiger partial charge in [0.25, 0.3) is 11.8 Å². The van der Waals surface area contributed by atoms with Gasteiger partial charge in [-0.3, -0.25) is 14.5 Å². The Hall–Kier alpha value is -2.43. The minimum Gasteiger partial charge on any atom is -0.478 e. The van der Waals surface area contributed by atoms with Gasteiger partial charge in [0.2, 0.25) is 0 Å². The Bertz CT molecular complexity index is 647. The lowest BCUT2D eigenvalue weighted by Gasteiger charge is -2.26. The maximum absolute atomic E-state index is 12.4. The van der Waals surface area contributed by atoms with Crippen molar-refractivity contribution in [2.75, 3.05) is 0 Å². The molecule has 1 aromatic rings. The molecule has 20 heavy (non-hydrogen) atoms. The molecule has 1 unspecified atom stereocenters. The van der Waals surface area contributed by atoms with Gasteiger partial charge in [-0.05, 0) is 37.5 Å². The summed E-state index contributed by atoms with van der Waals surface area (Å²) in [7, 11) is 0. The fourth-order valence-electron chi connectivity index (χ4n) is 2.74. The third kappa shape index (κ3) is 1.82. The Kier molecular flexibility index (Phi) is 2.89. The van der Waals surface area contributed by atoms with Crippen LogP contribution in [0.3, 0.4) is 0 Å². The van der Waals surface area contributed by atoms with Gasteiger partial charge in [0, 0.05) is 6.04 Å². The molecule has 3 rings (SSSR count). The van der Waals surface area contributed by atoms with Crippen LogP contribution in [0.25, 0.3) is 0 Å². The number of allylic oxidation sites excluding steroid dienone is 1. The van der Waals surface area contributed by atoms with Crippen LogP contribution in [0.5, 0.6) is 0 Å². The molecule has 2 amide bonds. The van der Waals surface area contributed by atoms with Gasteiger partial charge in [-0.15, -0.1) is 0 Å². The first-order valence-corrected chi connectivity index (χ1v) is 6.50. The molecule has 1 N–H and O–H groups in total. The van der Waals surface area contributed by atoms with E-state index >= 15 is 0 Å². The summed E-state index contributed by atoms with van der Waals surface area (Å²) in [6.45, 7) is 0. The minimum atomic E-state index is -1.10. The first kappa shape index (κ1) is 12.6. The summed E-state index contributed by atoms with van der Waals surface area (Å²) in [5.74, 6) is -1.80. The van der Waals surface area contributed by atoms with E-state index in [0.717, 1.165) is 12.8 Å². The van der Waals surface area contributed by atoms with Crippen LogP contribution in [-0.2, 0) is 0 Å². The number of hydrogen-bond donors (Lipinski definition) is 1. The van der Waals surface area contributed by atoms with Gasteiger partial charge < -0.3 is 5.11 Å². The van der Waals surface area contributed by atoms with E-state index in [1.54, 1.807) is 0 Å². The van der Waals surface area contributed by atoms with Crippen molar-refractivity contribution >= 4 is 17.8 Å². The smallest absolute Gasteiger partial charge is 0.335 e. The number of rotatable bonds is 2. The van der Waals surface area contributed by atoms with Crippen LogP contribution in [-0.4, -0.2) is 33.8 Å². The Morgan fingerprint density at radius 2 is 1.90 bits per heavy atom. The Balaban J connectivity index is 1.99. The number of carbonyl (C=O) groups is 3. The first-order valence-electron chi connectivity index (χ1n) is 6.50. The van der Waals surface area contributed by atoms with Crippen molar-refractivity contribution < 1.29 is 19.5 Å². The van der Waals surface area contributed by atoms with Crippen molar-refractivity contribution in [3.63, 3.8) is 0 Å². The predicted octanol–water partition coefficient (Wildman–Crippen LogP) is 2.09. The van der Waals surface area contributed by atoms with Crippen LogP contribution in [0, 0.1) is 0 Å². The van der Waals surface area contributed by atoms with Crippen LogP contribution < -0.4 is 0 Å². The molecule has 0 saturated heterocycles. The summed E-state index contributed by atoms with van der Waals surface area (Å²) in [6.07, 6.45) is 6.28. The van der Waals surface area contributed by atoms with Crippen molar-refractivity contribution in [1.29, 1.82) is 0 Å². The number of nitrogens with zero attached hydrogens (tertiary/aromatic N) is 1. The van der Waals surface area contributed by atoms with Gasteiger partial charge in [0.05, 0.1) is 16.7 Å². The molecular formula is C15H13NO4. The molecule has 2 aliphatic rings. The number of carbonyl (C=O) groups excluding carboxylic acids is 2. The quantitative estimate of drug-likeness (QED) is 0.660. The number of amides is 2. The van der Waals surface area contributed by atoms with E-state index in [-0.39, 0.29) is 29.0 Å². The molecule has 5 nitrogen and oxygen atoms in total. The summed E-state index contributed by atoms with van der Waals surface area (Å²) in [4.78, 5) is 36.9. The third-order valence-corrected chi connectivity index (χ3v) is 3.77. The van der Waals surface area contributed by atoms with Crippen LogP contribution in [0.15, 0.2) is 30.4 Å². The molecule has 0 bridgehead atoms. The van der Waals surface area contributed by atoms with Crippen LogP contribution >= 0.6 is 0 Å². The number of aromatic carboxylic acids is 1. The summed E-state index contributed by atoms with van der Waals surface area (Å²) in [5, 5.41) is 8.96. The zero-order valence-corrected chi connectivity index (χ0v) is 10.7. The van der Waals surface area contributed by atoms with Crippen LogP contribution in [0.2, 0.25) is 0 Å². The maximum atomic E-state index is 12.4. The van der Waals surface area contributed by atoms with E-state index in [2.05, 4.69) is 0 Å². The van der Waals surface area contributed by atoms with Crippen molar-refractivity contribution in [3.8, 4) is 0 Å². The van der Waals surface area contributed by atoms with Crippen molar-refractivity contribution in [3.05, 3.63) is 47.0 Å². The first-order chi connectivity index (χ1) is 9.59. The third-order valence-electron chi connectivity index (χ3n) is 3.77. The monoisotopic (exact) mass is 271 g/mol. The fourth-order valence-corrected chi connectivity index (χ4v) is 2.74. The maximum Gasteiger partial charge on any atom is 0.335 e. The summed E-state index contributed by atoms with van der Waals surface area (Å²) < 4.78 is 0. The number of hydrogen-bond acceptors (Lipinski definition) is 3. The molecule has 0 aromatic heterocycles. The fraction of sp³-hybridized carbons (Fsp3) is 0.267. The highest BCUT2D eigenvalue weighted by Crippen LogP contribution is 2.29. The van der Waals surface area contributed by atoms with E-state index < -0.39 is 5.97 Å². The zero-order valence-electron chi connectivity index (χ0n) is 10.7. The van der Waals surface area contributed by atoms with Gasteiger partial charge in [-0.2, -0.15) is 0 Å². The molecule has 1 aliphatic carbocycles. The van der Waals surface area contributed by atoms with Crippen LogP contribution in [0.4, 0.5) is 0 Å². The molecular weight excluding hydrogens is 258 g/mol. The van der Waals surface area contributed by atoms with Gasteiger partial charge >= 0.3 is 5.97 Å². The standard InChI is InChI=1S/C15H13NO4/c17-13-11-7-6-9(15(19)20)8-12(11)14(18)16(13)10-4-2-1-3-5-10/h1-2,6-8,10H,3-5H2,(H,19,20). The van der Waals surface area contributed by atoms with Gasteiger partial charge in [0.1, 0.15) is 0 Å². The summed E-state index contributed by atoms with van der Waals surface area (Å²) in [5.41, 5.74) is 0.522. The molecule has 5 heteroatoms. The second kappa shape index (κ2) is 4.59. The highest BCUT2D eigenvalue weighted by molar-refractivity contribution is 6.22. The lowest BCUT2D eigenvalue weighted by atomic mass is 10.0. The molecule has 0 saturated carbocycles. The number of carboxylic acids is 1. The van der Waals surface area contributed by atoms with E-state index in [1.807, 2.05) is 12.2 Å². The molecule has 1 atom stereocenters. The zero-order chi connectivity index (χ0) is 14.3. The average Bonchev–Trinajstić information content (AvgIpc) is 2.71. The number of imide groups is 1. The second-order valence-electron chi connectivity index (χ2n) is 4.98. The van der Waals surface area contributed by atoms with Crippen molar-refractivity contribution in [2.24, 2.45) is 0 Å². The minimum absolute atomic E-state index is 0.0234. The Morgan fingerprint density at radius 3 is 2.55 bits per heavy atom. The number of fused-ring (bicyclic) bond motifs is 1. The van der Waals surface area contributed by atoms with E-state index in [1.165, 1.54) is 23.1 Å². The Labute approximate surface area is 115 Å². The predicted molar refractivity (Wildman–Crippen MR) is 70.7 cm³/mol. The largest absolute Gasteiger partial charge is 0.478 e. The highest BCUT2D eigenvalue weighted by Gasteiger charge is 2.40. The molecule has 1 aliphatic heterocycles. The second-order valence-corrected chi connectivity index (χ2v) is 4.98. The molecule has 102 valence electrons. The van der Waals surface area contributed by atoms with Crippen LogP contribution in [0.1, 0.15) is 50.3 Å². The number of carboxylic acid groups (broad SMARTS) is 1. The molecule has 0 fully saturated rings. The highest BCUT2D eigenvalue weighted by atomic mass is 16.4. The molecule has 1 heterocycles. The molecule has 0 spiro atoms. The summed E-state index contributed by atoms with van der Waals surface area (Å²) in [6, 6.07) is 3.95. The van der Waals surface area contributed by atoms with Gasteiger partial charge in [-0.1, -0.05) is 12.2 Å². The topological polar surface area (TPSA) is 74.7 Å². The van der Waals surface area contributed by atoms with E-state index in [4.69, 9.17) is 5.11 Å². The average molecular weight is 271 g/mol. The SMILES string of the molecule is O=C(O)c1ccc2c(c1)C(=O)N(C1CC=CCC1)C2=O. The lowest BCUT2D eigenvalue weighted by molar-refractivity contribution is 0.0574. The van der Waals surface area contributed by atoms with E-state index in [9.17, 15) is 14.4 Å². The summed E-state index contributed by atoms with van der Waals surface area (Å²) >= 11 is 0. The van der Waals surface area contributed by atoms with Gasteiger partial charge in [0.15, 0.2) is 0 Å². The van der Waals surface area contributed by atoms with Gasteiger partial charge in [-0.25, -0.2) is 4.79 Å². The number of benzene rings is 1. The lowest BCUT2D eigenvalue weighted by Crippen LogP contribution is -2.40.